The molecule has 0 saturated carbocycles. The van der Waals surface area contributed by atoms with Gasteiger partial charge in [-0.3, -0.25) is 9.69 Å². The highest BCUT2D eigenvalue weighted by atomic mass is 35.5. The number of nitrogens with zero attached hydrogens (tertiary/aromatic N) is 1. The lowest BCUT2D eigenvalue weighted by atomic mass is 9.79. The van der Waals surface area contributed by atoms with Crippen LogP contribution in [0.2, 0.25) is 0 Å². The molecular formula is C15H33Cl2N3O2. The minimum Gasteiger partial charge on any atom is -0.384 e. The van der Waals surface area contributed by atoms with Crippen molar-refractivity contribution in [1.29, 1.82) is 0 Å². The number of carbonyl (C=O) groups excluding carboxylic acids is 1. The first kappa shape index (κ1) is 24.2. The molecule has 0 aromatic rings. The Morgan fingerprint density at radius 1 is 1.27 bits per heavy atom. The molecule has 1 aliphatic rings. The molecule has 7 heteroatoms. The lowest BCUT2D eigenvalue weighted by molar-refractivity contribution is -0.127. The zero-order valence-electron chi connectivity index (χ0n) is 14.5. The Morgan fingerprint density at radius 2 is 1.82 bits per heavy atom. The van der Waals surface area contributed by atoms with Gasteiger partial charge in [-0.2, -0.15) is 0 Å². The number of ether oxygens (including phenoxy) is 1. The first-order chi connectivity index (χ1) is 9.42. The fourth-order valence-corrected chi connectivity index (χ4v) is 3.15. The summed E-state index contributed by atoms with van der Waals surface area (Å²) < 4.78 is 5.38. The second-order valence-electron chi connectivity index (χ2n) is 6.55. The number of rotatable bonds is 7. The zero-order valence-corrected chi connectivity index (χ0v) is 16.1. The first-order valence-electron chi connectivity index (χ1n) is 7.56. The summed E-state index contributed by atoms with van der Waals surface area (Å²) in [6.07, 6.45) is 2.10. The fourth-order valence-electron chi connectivity index (χ4n) is 3.15. The van der Waals surface area contributed by atoms with E-state index in [1.54, 1.807) is 7.11 Å². The van der Waals surface area contributed by atoms with E-state index in [0.29, 0.717) is 19.1 Å². The summed E-state index contributed by atoms with van der Waals surface area (Å²) in [5.41, 5.74) is 0.0868. The molecule has 0 bridgehead atoms. The van der Waals surface area contributed by atoms with Crippen molar-refractivity contribution in [3.63, 3.8) is 0 Å². The number of hydrogen-bond donors (Lipinski definition) is 2. The van der Waals surface area contributed by atoms with Gasteiger partial charge in [0.1, 0.15) is 0 Å². The molecule has 0 spiro atoms. The number of likely N-dealkylation sites (N-methyl/N-ethyl adjacent to an activating group) is 1. The van der Waals surface area contributed by atoms with Crippen LogP contribution in [-0.2, 0) is 9.53 Å². The van der Waals surface area contributed by atoms with Crippen molar-refractivity contribution in [2.24, 2.45) is 11.3 Å². The molecule has 0 unspecified atom stereocenters. The van der Waals surface area contributed by atoms with Gasteiger partial charge >= 0.3 is 0 Å². The second kappa shape index (κ2) is 11.5. The van der Waals surface area contributed by atoms with Gasteiger partial charge in [-0.25, -0.2) is 0 Å². The maximum atomic E-state index is 12.4. The van der Waals surface area contributed by atoms with Gasteiger partial charge in [-0.05, 0) is 45.9 Å². The monoisotopic (exact) mass is 357 g/mol. The number of methoxy groups -OCH3 is 1. The van der Waals surface area contributed by atoms with Crippen LogP contribution >= 0.6 is 24.8 Å². The molecule has 1 heterocycles. The third-order valence-corrected chi connectivity index (χ3v) is 4.21. The van der Waals surface area contributed by atoms with Crippen LogP contribution < -0.4 is 10.6 Å². The van der Waals surface area contributed by atoms with E-state index in [0.717, 1.165) is 25.9 Å². The summed E-state index contributed by atoms with van der Waals surface area (Å²) in [5, 5.41) is 6.52. The van der Waals surface area contributed by atoms with E-state index in [1.165, 1.54) is 0 Å². The SMILES string of the molecule is COCC1(CNC(=O)[C@H](C(C)C)N(C)C)CCNCC1.Cl.Cl. The summed E-state index contributed by atoms with van der Waals surface area (Å²) in [7, 11) is 5.65. The molecule has 1 saturated heterocycles. The van der Waals surface area contributed by atoms with Crippen molar-refractivity contribution in [3.05, 3.63) is 0 Å². The third kappa shape index (κ3) is 7.01. The zero-order chi connectivity index (χ0) is 15.2. The molecule has 1 atom stereocenters. The highest BCUT2D eigenvalue weighted by molar-refractivity contribution is 5.85. The molecule has 5 nitrogen and oxygen atoms in total. The van der Waals surface area contributed by atoms with Gasteiger partial charge in [0.05, 0.1) is 12.6 Å². The molecule has 0 aromatic heterocycles. The predicted molar refractivity (Wildman–Crippen MR) is 96.2 cm³/mol. The topological polar surface area (TPSA) is 53.6 Å². The molecule has 0 aliphatic carbocycles. The Morgan fingerprint density at radius 3 is 2.23 bits per heavy atom. The van der Waals surface area contributed by atoms with Crippen molar-refractivity contribution < 1.29 is 9.53 Å². The smallest absolute Gasteiger partial charge is 0.237 e. The molecule has 2 N–H and O–H groups in total. The molecule has 1 fully saturated rings. The summed E-state index contributed by atoms with van der Waals surface area (Å²) in [6.45, 7) is 7.59. The van der Waals surface area contributed by atoms with Crippen molar-refractivity contribution in [3.8, 4) is 0 Å². The molecule has 0 radical (unpaired) electrons. The number of hydrogen-bond acceptors (Lipinski definition) is 4. The minimum absolute atomic E-state index is 0. The van der Waals surface area contributed by atoms with Crippen LogP contribution in [0.25, 0.3) is 0 Å². The predicted octanol–water partition coefficient (Wildman–Crippen LogP) is 1.55. The van der Waals surface area contributed by atoms with E-state index in [9.17, 15) is 4.79 Å². The van der Waals surface area contributed by atoms with Crippen LogP contribution in [0.3, 0.4) is 0 Å². The lowest BCUT2D eigenvalue weighted by Crippen LogP contribution is -2.52. The van der Waals surface area contributed by atoms with E-state index < -0.39 is 0 Å². The summed E-state index contributed by atoms with van der Waals surface area (Å²) in [6, 6.07) is -0.0729. The van der Waals surface area contributed by atoms with Gasteiger partial charge in [-0.1, -0.05) is 13.8 Å². The highest BCUT2D eigenvalue weighted by Crippen LogP contribution is 2.28. The van der Waals surface area contributed by atoms with Crippen molar-refractivity contribution in [1.82, 2.24) is 15.5 Å². The van der Waals surface area contributed by atoms with E-state index in [4.69, 9.17) is 4.74 Å². The van der Waals surface area contributed by atoms with Crippen molar-refractivity contribution in [2.45, 2.75) is 32.7 Å². The van der Waals surface area contributed by atoms with Gasteiger partial charge in [-0.15, -0.1) is 24.8 Å². The van der Waals surface area contributed by atoms with Gasteiger partial charge in [0.15, 0.2) is 0 Å². The summed E-state index contributed by atoms with van der Waals surface area (Å²) in [4.78, 5) is 14.4. The van der Waals surface area contributed by atoms with Crippen LogP contribution in [0.15, 0.2) is 0 Å². The van der Waals surface area contributed by atoms with Crippen molar-refractivity contribution >= 4 is 30.7 Å². The molecule has 1 amide bonds. The van der Waals surface area contributed by atoms with Crippen molar-refractivity contribution in [2.75, 3.05) is 47.4 Å². The number of halogens is 2. The maximum Gasteiger partial charge on any atom is 0.237 e. The summed E-state index contributed by atoms with van der Waals surface area (Å²) in [5.74, 6) is 0.426. The normalized spacial score (nSPS) is 18.3. The van der Waals surface area contributed by atoms with Gasteiger partial charge in [0.25, 0.3) is 0 Å². The molecule has 22 heavy (non-hydrogen) atoms. The van der Waals surface area contributed by atoms with Gasteiger partial charge in [0.2, 0.25) is 5.91 Å². The average molecular weight is 358 g/mol. The van der Waals surface area contributed by atoms with Gasteiger partial charge < -0.3 is 15.4 Å². The standard InChI is InChI=1S/C15H31N3O2.2ClH/c1-12(2)13(18(3)4)14(19)17-10-15(11-20-5)6-8-16-9-7-15;;/h12-13,16H,6-11H2,1-5H3,(H,17,19);2*1H/t13-;;/m0../s1. The quantitative estimate of drug-likeness (QED) is 0.725. The molecule has 1 aliphatic heterocycles. The first-order valence-corrected chi connectivity index (χ1v) is 7.56. The lowest BCUT2D eigenvalue weighted by Gasteiger charge is -2.38. The molecule has 0 aromatic carbocycles. The van der Waals surface area contributed by atoms with E-state index in [2.05, 4.69) is 24.5 Å². The second-order valence-corrected chi connectivity index (χ2v) is 6.55. The Bertz CT molecular complexity index is 296. The van der Waals surface area contributed by atoms with Crippen LogP contribution in [0.1, 0.15) is 26.7 Å². The van der Waals surface area contributed by atoms with Crippen LogP contribution in [0, 0.1) is 11.3 Å². The van der Waals surface area contributed by atoms with Crippen LogP contribution in [0.4, 0.5) is 0 Å². The Balaban J connectivity index is 0. The average Bonchev–Trinajstić information content (AvgIpc) is 2.37. The Labute approximate surface area is 147 Å². The third-order valence-electron chi connectivity index (χ3n) is 4.21. The minimum atomic E-state index is -0.0729. The van der Waals surface area contributed by atoms with Crippen LogP contribution in [-0.4, -0.2) is 64.3 Å². The Kier molecular flexibility index (Phi) is 12.6. The van der Waals surface area contributed by atoms with E-state index in [-0.39, 0.29) is 42.2 Å². The summed E-state index contributed by atoms with van der Waals surface area (Å²) >= 11 is 0. The van der Waals surface area contributed by atoms with Gasteiger partial charge in [0, 0.05) is 19.1 Å². The van der Waals surface area contributed by atoms with E-state index >= 15 is 0 Å². The van der Waals surface area contributed by atoms with E-state index in [1.807, 2.05) is 19.0 Å². The molecule has 134 valence electrons. The highest BCUT2D eigenvalue weighted by Gasteiger charge is 2.34. The molecular weight excluding hydrogens is 325 g/mol. The largest absolute Gasteiger partial charge is 0.384 e. The number of piperidine rings is 1. The number of carbonyl (C=O) groups is 1. The number of amides is 1. The fraction of sp³-hybridized carbons (Fsp3) is 0.933. The number of nitrogens with one attached hydrogen (secondary N) is 2. The van der Waals surface area contributed by atoms with Crippen LogP contribution in [0.5, 0.6) is 0 Å². The molecule has 1 rings (SSSR count). The Hall–Kier alpha value is -0.0700. The maximum absolute atomic E-state index is 12.4.